The first kappa shape index (κ1) is 15.3. The summed E-state index contributed by atoms with van der Waals surface area (Å²) in [6.07, 6.45) is 3.53. The molecular formula is C19H15NO2S2. The number of allylic oxidation sites excluding steroid dienone is 1. The molecule has 1 aliphatic carbocycles. The minimum Gasteiger partial charge on any atom is -0.497 e. The number of carbonyl (C=O) groups excluding carboxylic acids is 1. The number of hydrogen-bond donors (Lipinski definition) is 0. The highest BCUT2D eigenvalue weighted by molar-refractivity contribution is 7.14. The van der Waals surface area contributed by atoms with Gasteiger partial charge in [0.25, 0.3) is 0 Å². The van der Waals surface area contributed by atoms with Crippen LogP contribution < -0.4 is 4.74 Å². The first-order valence-electron chi connectivity index (χ1n) is 7.65. The van der Waals surface area contributed by atoms with Crippen LogP contribution in [-0.2, 0) is 6.42 Å². The number of rotatable bonds is 3. The Bertz CT molecular complexity index is 923. The molecule has 0 amide bonds. The number of aromatic nitrogens is 1. The quantitative estimate of drug-likeness (QED) is 0.616. The average molecular weight is 353 g/mol. The largest absolute Gasteiger partial charge is 0.497 e. The van der Waals surface area contributed by atoms with Crippen molar-refractivity contribution < 1.29 is 9.53 Å². The van der Waals surface area contributed by atoms with Crippen LogP contribution in [0.25, 0.3) is 16.6 Å². The first-order valence-corrected chi connectivity index (χ1v) is 9.47. The normalized spacial score (nSPS) is 15.5. The van der Waals surface area contributed by atoms with Gasteiger partial charge in [-0.2, -0.15) is 11.3 Å². The van der Waals surface area contributed by atoms with E-state index in [0.717, 1.165) is 51.6 Å². The molecule has 0 radical (unpaired) electrons. The predicted octanol–water partition coefficient (Wildman–Crippen LogP) is 5.09. The Hall–Kier alpha value is -2.24. The molecule has 4 rings (SSSR count). The molecule has 0 fully saturated rings. The molecule has 3 aromatic rings. The third kappa shape index (κ3) is 2.81. The smallest absolute Gasteiger partial charge is 0.189 e. The summed E-state index contributed by atoms with van der Waals surface area (Å²) in [7, 11) is 1.64. The summed E-state index contributed by atoms with van der Waals surface area (Å²) in [5.41, 5.74) is 4.67. The van der Waals surface area contributed by atoms with Crippen molar-refractivity contribution in [3.05, 3.63) is 62.8 Å². The second kappa shape index (κ2) is 6.34. The van der Waals surface area contributed by atoms with E-state index in [-0.39, 0.29) is 5.78 Å². The molecular weight excluding hydrogens is 338 g/mol. The molecule has 0 bridgehead atoms. The lowest BCUT2D eigenvalue weighted by Crippen LogP contribution is -2.14. The topological polar surface area (TPSA) is 39.2 Å². The average Bonchev–Trinajstić information content (AvgIpc) is 3.28. The number of benzene rings is 1. The van der Waals surface area contributed by atoms with Gasteiger partial charge in [-0.15, -0.1) is 11.3 Å². The predicted molar refractivity (Wildman–Crippen MR) is 99.0 cm³/mol. The molecule has 0 N–H and O–H groups in total. The van der Waals surface area contributed by atoms with Crippen molar-refractivity contribution in [1.82, 2.24) is 4.98 Å². The number of thiophene rings is 1. The summed E-state index contributed by atoms with van der Waals surface area (Å²) < 4.78 is 5.24. The van der Waals surface area contributed by atoms with Crippen molar-refractivity contribution in [3.8, 4) is 16.3 Å². The third-order valence-corrected chi connectivity index (χ3v) is 5.72. The van der Waals surface area contributed by atoms with Gasteiger partial charge in [0.05, 0.1) is 12.8 Å². The zero-order valence-corrected chi connectivity index (χ0v) is 14.7. The van der Waals surface area contributed by atoms with Crippen molar-refractivity contribution in [3.63, 3.8) is 0 Å². The van der Waals surface area contributed by atoms with Crippen LogP contribution in [0.15, 0.2) is 46.0 Å². The number of thiazole rings is 1. The highest BCUT2D eigenvalue weighted by Gasteiger charge is 2.22. The lowest BCUT2D eigenvalue weighted by atomic mass is 9.86. The molecule has 24 heavy (non-hydrogen) atoms. The highest BCUT2D eigenvalue weighted by Crippen LogP contribution is 2.31. The Labute approximate surface area is 148 Å². The number of aryl methyl sites for hydroxylation is 1. The molecule has 0 unspecified atom stereocenters. The molecule has 0 saturated carbocycles. The van der Waals surface area contributed by atoms with Crippen LogP contribution in [0.4, 0.5) is 0 Å². The van der Waals surface area contributed by atoms with Crippen LogP contribution in [0.3, 0.4) is 0 Å². The van der Waals surface area contributed by atoms with Gasteiger partial charge in [0, 0.05) is 27.5 Å². The van der Waals surface area contributed by atoms with E-state index in [4.69, 9.17) is 4.74 Å². The van der Waals surface area contributed by atoms with Gasteiger partial charge in [0.1, 0.15) is 10.8 Å². The number of hydrogen-bond acceptors (Lipinski definition) is 5. The second-order valence-electron chi connectivity index (χ2n) is 5.61. The van der Waals surface area contributed by atoms with Gasteiger partial charge in [-0.1, -0.05) is 0 Å². The number of carbonyl (C=O) groups is 1. The fourth-order valence-electron chi connectivity index (χ4n) is 2.87. The molecule has 0 aliphatic heterocycles. The number of nitrogens with zero attached hydrogens (tertiary/aromatic N) is 1. The zero-order valence-electron chi connectivity index (χ0n) is 13.1. The van der Waals surface area contributed by atoms with Crippen LogP contribution in [0, 0.1) is 0 Å². The van der Waals surface area contributed by atoms with E-state index in [0.29, 0.717) is 0 Å². The maximum atomic E-state index is 12.7. The monoisotopic (exact) mass is 353 g/mol. The van der Waals surface area contributed by atoms with E-state index in [9.17, 15) is 4.79 Å². The lowest BCUT2D eigenvalue weighted by molar-refractivity contribution is 0.102. The summed E-state index contributed by atoms with van der Waals surface area (Å²) in [5.74, 6) is 0.901. The SMILES string of the molecule is COc1ccc2c(c1)CC/C(=C\c1csc(-c3ccsc3)n1)C2=O. The van der Waals surface area contributed by atoms with Crippen molar-refractivity contribution in [2.24, 2.45) is 0 Å². The van der Waals surface area contributed by atoms with Crippen LogP contribution in [-0.4, -0.2) is 17.9 Å². The lowest BCUT2D eigenvalue weighted by Gasteiger charge is -2.18. The maximum Gasteiger partial charge on any atom is 0.189 e. The van der Waals surface area contributed by atoms with Crippen LogP contribution >= 0.6 is 22.7 Å². The summed E-state index contributed by atoms with van der Waals surface area (Å²) in [6, 6.07) is 7.73. The number of methoxy groups -OCH3 is 1. The first-order chi connectivity index (χ1) is 11.7. The number of ketones is 1. The van der Waals surface area contributed by atoms with Gasteiger partial charge >= 0.3 is 0 Å². The van der Waals surface area contributed by atoms with Crippen LogP contribution in [0.2, 0.25) is 0 Å². The van der Waals surface area contributed by atoms with E-state index in [1.807, 2.05) is 35.0 Å². The standard InChI is InChI=1S/C19H15NO2S2/c1-22-16-4-5-17-12(9-16)2-3-13(18(17)21)8-15-11-24-19(20-15)14-6-7-23-10-14/h4-11H,2-3H2,1H3/b13-8+. The molecule has 1 aromatic carbocycles. The zero-order chi connectivity index (χ0) is 16.5. The van der Waals surface area contributed by atoms with E-state index >= 15 is 0 Å². The minimum absolute atomic E-state index is 0.101. The van der Waals surface area contributed by atoms with Crippen LogP contribution in [0.1, 0.15) is 28.0 Å². The number of fused-ring (bicyclic) bond motifs is 1. The minimum atomic E-state index is 0.101. The van der Waals surface area contributed by atoms with E-state index in [2.05, 4.69) is 16.4 Å². The van der Waals surface area contributed by atoms with Crippen molar-refractivity contribution in [2.75, 3.05) is 7.11 Å². The van der Waals surface area contributed by atoms with Gasteiger partial charge in [0.15, 0.2) is 5.78 Å². The van der Waals surface area contributed by atoms with Gasteiger partial charge < -0.3 is 4.74 Å². The van der Waals surface area contributed by atoms with Gasteiger partial charge in [-0.3, -0.25) is 4.79 Å². The third-order valence-electron chi connectivity index (χ3n) is 4.12. The Morgan fingerprint density at radius 3 is 2.92 bits per heavy atom. The summed E-state index contributed by atoms with van der Waals surface area (Å²) >= 11 is 3.27. The van der Waals surface area contributed by atoms with Crippen molar-refractivity contribution in [2.45, 2.75) is 12.8 Å². The molecule has 0 saturated heterocycles. The van der Waals surface area contributed by atoms with Crippen LogP contribution in [0.5, 0.6) is 5.75 Å². The summed E-state index contributed by atoms with van der Waals surface area (Å²) in [6.45, 7) is 0. The molecule has 120 valence electrons. The summed E-state index contributed by atoms with van der Waals surface area (Å²) in [4.78, 5) is 17.4. The van der Waals surface area contributed by atoms with E-state index < -0.39 is 0 Å². The Morgan fingerprint density at radius 2 is 2.12 bits per heavy atom. The highest BCUT2D eigenvalue weighted by atomic mass is 32.1. The molecule has 3 nitrogen and oxygen atoms in total. The fraction of sp³-hybridized carbons (Fsp3) is 0.158. The molecule has 5 heteroatoms. The molecule has 2 heterocycles. The van der Waals surface area contributed by atoms with Gasteiger partial charge in [0.2, 0.25) is 0 Å². The molecule has 1 aliphatic rings. The Kier molecular flexibility index (Phi) is 4.04. The second-order valence-corrected chi connectivity index (χ2v) is 7.25. The summed E-state index contributed by atoms with van der Waals surface area (Å²) in [5, 5.41) is 7.14. The maximum absolute atomic E-state index is 12.7. The van der Waals surface area contributed by atoms with Crippen molar-refractivity contribution >= 4 is 34.5 Å². The van der Waals surface area contributed by atoms with E-state index in [1.54, 1.807) is 29.8 Å². The van der Waals surface area contributed by atoms with E-state index in [1.165, 1.54) is 0 Å². The fourth-order valence-corrected chi connectivity index (χ4v) is 4.36. The number of ether oxygens (including phenoxy) is 1. The number of Topliss-reactive ketones (excluding diaryl/α,β-unsaturated/α-hetero) is 1. The molecule has 0 spiro atoms. The Morgan fingerprint density at radius 1 is 1.21 bits per heavy atom. The Balaban J connectivity index is 1.63. The molecule has 0 atom stereocenters. The van der Waals surface area contributed by atoms with Gasteiger partial charge in [-0.05, 0) is 54.1 Å². The van der Waals surface area contributed by atoms with Gasteiger partial charge in [-0.25, -0.2) is 4.98 Å². The van der Waals surface area contributed by atoms with Crippen molar-refractivity contribution in [1.29, 1.82) is 0 Å². The molecule has 2 aromatic heterocycles.